The minimum atomic E-state index is 0.430. The zero-order valence-electron chi connectivity index (χ0n) is 5.14. The van der Waals surface area contributed by atoms with E-state index >= 15 is 0 Å². The van der Waals surface area contributed by atoms with Gasteiger partial charge in [-0.1, -0.05) is 15.9 Å². The van der Waals surface area contributed by atoms with E-state index in [2.05, 4.69) is 15.9 Å². The van der Waals surface area contributed by atoms with E-state index in [1.165, 1.54) is 0 Å². The molecule has 9 heavy (non-hydrogen) atoms. The average Bonchev–Trinajstić information content (AvgIpc) is 2.24. The van der Waals surface area contributed by atoms with Crippen LogP contribution in [-0.2, 0) is 4.79 Å². The second kappa shape index (κ2) is 1.82. The number of alkyl halides is 1. The van der Waals surface area contributed by atoms with E-state index in [0.717, 1.165) is 19.3 Å². The van der Waals surface area contributed by atoms with Crippen molar-refractivity contribution in [2.45, 2.75) is 24.1 Å². The van der Waals surface area contributed by atoms with Crippen LogP contribution in [0.5, 0.6) is 0 Å². The molecular formula is C7H9BrO. The second-order valence-electron chi connectivity index (χ2n) is 3.11. The Labute approximate surface area is 62.9 Å². The van der Waals surface area contributed by atoms with Crippen molar-refractivity contribution in [3.63, 3.8) is 0 Å². The molecule has 2 aliphatic rings. The number of rotatable bonds is 0. The zero-order chi connectivity index (χ0) is 6.43. The van der Waals surface area contributed by atoms with Gasteiger partial charge in [0.1, 0.15) is 5.78 Å². The van der Waals surface area contributed by atoms with Crippen LogP contribution < -0.4 is 0 Å². The van der Waals surface area contributed by atoms with Crippen LogP contribution in [0.15, 0.2) is 0 Å². The first-order valence-corrected chi connectivity index (χ1v) is 4.35. The molecular weight excluding hydrogens is 180 g/mol. The Morgan fingerprint density at radius 1 is 1.44 bits per heavy atom. The summed E-state index contributed by atoms with van der Waals surface area (Å²) in [6.45, 7) is 0. The fraction of sp³-hybridized carbons (Fsp3) is 0.857. The molecule has 0 aromatic rings. The number of fused-ring (bicyclic) bond motifs is 2. The molecule has 0 amide bonds. The Morgan fingerprint density at radius 2 is 2.22 bits per heavy atom. The maximum atomic E-state index is 11.0. The van der Waals surface area contributed by atoms with Crippen molar-refractivity contribution in [3.8, 4) is 0 Å². The maximum absolute atomic E-state index is 11.0. The molecule has 50 valence electrons. The van der Waals surface area contributed by atoms with Gasteiger partial charge in [-0.15, -0.1) is 0 Å². The highest BCUT2D eigenvalue weighted by molar-refractivity contribution is 9.09. The summed E-state index contributed by atoms with van der Waals surface area (Å²) in [5, 5.41) is 0. The summed E-state index contributed by atoms with van der Waals surface area (Å²) in [6.07, 6.45) is 3.11. The minimum absolute atomic E-state index is 0.430. The third-order valence-electron chi connectivity index (χ3n) is 2.53. The van der Waals surface area contributed by atoms with E-state index in [1.807, 2.05) is 0 Å². The van der Waals surface area contributed by atoms with Crippen LogP contribution in [0, 0.1) is 11.8 Å². The molecule has 2 aliphatic carbocycles. The van der Waals surface area contributed by atoms with Gasteiger partial charge in [0, 0.05) is 17.2 Å². The van der Waals surface area contributed by atoms with Crippen molar-refractivity contribution in [3.05, 3.63) is 0 Å². The van der Waals surface area contributed by atoms with Gasteiger partial charge in [-0.2, -0.15) is 0 Å². The highest BCUT2D eigenvalue weighted by Gasteiger charge is 2.43. The van der Waals surface area contributed by atoms with Crippen molar-refractivity contribution in [2.24, 2.45) is 11.8 Å². The molecule has 2 saturated carbocycles. The van der Waals surface area contributed by atoms with Crippen LogP contribution in [0.2, 0.25) is 0 Å². The molecule has 2 heteroatoms. The second-order valence-corrected chi connectivity index (χ2v) is 4.29. The number of carbonyl (C=O) groups is 1. The number of carbonyl (C=O) groups excluding carboxylic acids is 1. The van der Waals surface area contributed by atoms with E-state index in [-0.39, 0.29) is 0 Å². The Morgan fingerprint density at radius 3 is 2.56 bits per heavy atom. The Kier molecular flexibility index (Phi) is 1.19. The molecule has 0 heterocycles. The predicted octanol–water partition coefficient (Wildman–Crippen LogP) is 1.75. The predicted molar refractivity (Wildman–Crippen MR) is 38.6 cm³/mol. The van der Waals surface area contributed by atoms with Crippen LogP contribution in [0.1, 0.15) is 19.3 Å². The van der Waals surface area contributed by atoms with Crippen molar-refractivity contribution in [1.29, 1.82) is 0 Å². The van der Waals surface area contributed by atoms with Gasteiger partial charge in [0.25, 0.3) is 0 Å². The van der Waals surface area contributed by atoms with Crippen LogP contribution >= 0.6 is 15.9 Å². The standard InChI is InChI=1S/C7H9BrO/c8-6-2-5-1-4(6)3-7(5)9/h4-6H,1-3H2. The first kappa shape index (κ1) is 5.90. The smallest absolute Gasteiger partial charge is 0.136 e. The molecule has 2 rings (SSSR count). The summed E-state index contributed by atoms with van der Waals surface area (Å²) in [5.41, 5.74) is 0. The van der Waals surface area contributed by atoms with Crippen LogP contribution in [-0.4, -0.2) is 10.6 Å². The van der Waals surface area contributed by atoms with Gasteiger partial charge in [-0.3, -0.25) is 4.79 Å². The normalized spacial score (nSPS) is 48.6. The van der Waals surface area contributed by atoms with E-state index < -0.39 is 0 Å². The summed E-state index contributed by atoms with van der Waals surface area (Å²) in [5.74, 6) is 1.62. The lowest BCUT2D eigenvalue weighted by Gasteiger charge is -2.12. The van der Waals surface area contributed by atoms with Gasteiger partial charge >= 0.3 is 0 Å². The lowest BCUT2D eigenvalue weighted by atomic mass is 10.00. The number of Topliss-reactive ketones (excluding diaryl/α,β-unsaturated/α-hetero) is 1. The molecule has 3 unspecified atom stereocenters. The Balaban J connectivity index is 2.19. The number of halogens is 1. The summed E-state index contributed by atoms with van der Waals surface area (Å²) < 4.78 is 0. The fourth-order valence-corrected chi connectivity index (χ4v) is 2.83. The monoisotopic (exact) mass is 188 g/mol. The van der Waals surface area contributed by atoms with Crippen LogP contribution in [0.4, 0.5) is 0 Å². The third kappa shape index (κ3) is 0.759. The van der Waals surface area contributed by atoms with Crippen molar-refractivity contribution in [2.75, 3.05) is 0 Å². The van der Waals surface area contributed by atoms with Crippen LogP contribution in [0.25, 0.3) is 0 Å². The van der Waals surface area contributed by atoms with Gasteiger partial charge in [0.2, 0.25) is 0 Å². The van der Waals surface area contributed by atoms with Gasteiger partial charge < -0.3 is 0 Å². The highest BCUT2D eigenvalue weighted by atomic mass is 79.9. The van der Waals surface area contributed by atoms with Crippen LogP contribution in [0.3, 0.4) is 0 Å². The summed E-state index contributed by atoms with van der Waals surface area (Å²) in [4.78, 5) is 11.6. The topological polar surface area (TPSA) is 17.1 Å². The molecule has 0 radical (unpaired) electrons. The molecule has 0 aliphatic heterocycles. The molecule has 0 spiro atoms. The number of hydrogen-bond donors (Lipinski definition) is 0. The van der Waals surface area contributed by atoms with E-state index in [9.17, 15) is 4.79 Å². The molecule has 0 aromatic carbocycles. The molecule has 1 nitrogen and oxygen atoms in total. The lowest BCUT2D eigenvalue weighted by molar-refractivity contribution is -0.121. The molecule has 2 fully saturated rings. The number of hydrogen-bond acceptors (Lipinski definition) is 1. The number of ketones is 1. The van der Waals surface area contributed by atoms with Crippen molar-refractivity contribution >= 4 is 21.7 Å². The Bertz CT molecular complexity index is 153. The third-order valence-corrected chi connectivity index (χ3v) is 3.65. The summed E-state index contributed by atoms with van der Waals surface area (Å²) in [7, 11) is 0. The Hall–Kier alpha value is 0.150. The first-order chi connectivity index (χ1) is 4.27. The summed E-state index contributed by atoms with van der Waals surface area (Å²) >= 11 is 3.57. The van der Waals surface area contributed by atoms with Crippen molar-refractivity contribution in [1.82, 2.24) is 0 Å². The molecule has 0 aromatic heterocycles. The largest absolute Gasteiger partial charge is 0.299 e. The maximum Gasteiger partial charge on any atom is 0.136 e. The molecule has 0 N–H and O–H groups in total. The van der Waals surface area contributed by atoms with E-state index in [4.69, 9.17) is 0 Å². The van der Waals surface area contributed by atoms with Gasteiger partial charge in [-0.05, 0) is 18.8 Å². The molecule has 2 bridgehead atoms. The summed E-state index contributed by atoms with van der Waals surface area (Å²) in [6, 6.07) is 0. The van der Waals surface area contributed by atoms with Gasteiger partial charge in [0.15, 0.2) is 0 Å². The fourth-order valence-electron chi connectivity index (χ4n) is 1.97. The molecule has 3 atom stereocenters. The quantitative estimate of drug-likeness (QED) is 0.530. The van der Waals surface area contributed by atoms with Crippen molar-refractivity contribution < 1.29 is 4.79 Å². The SMILES string of the molecule is O=C1CC2CC1CC2Br. The van der Waals surface area contributed by atoms with Gasteiger partial charge in [0.05, 0.1) is 0 Å². The van der Waals surface area contributed by atoms with E-state index in [1.54, 1.807) is 0 Å². The van der Waals surface area contributed by atoms with Gasteiger partial charge in [-0.25, -0.2) is 0 Å². The average molecular weight is 189 g/mol. The molecule has 0 saturated heterocycles. The minimum Gasteiger partial charge on any atom is -0.299 e. The van der Waals surface area contributed by atoms with E-state index in [0.29, 0.717) is 22.4 Å². The highest BCUT2D eigenvalue weighted by Crippen LogP contribution is 2.45. The lowest BCUT2D eigenvalue weighted by Crippen LogP contribution is -2.16. The zero-order valence-corrected chi connectivity index (χ0v) is 6.73. The first-order valence-electron chi connectivity index (χ1n) is 3.44.